The zero-order valence-electron chi connectivity index (χ0n) is 19.7. The molecule has 1 saturated carbocycles. The first-order chi connectivity index (χ1) is 16.2. The lowest BCUT2D eigenvalue weighted by molar-refractivity contribution is -0.665. The van der Waals surface area contributed by atoms with Gasteiger partial charge in [0.25, 0.3) is 5.01 Å². The van der Waals surface area contributed by atoms with Crippen LogP contribution in [0, 0.1) is 11.8 Å². The molecule has 4 heteroatoms. The van der Waals surface area contributed by atoms with Crippen LogP contribution < -0.4 is 9.47 Å². The molecular weight excluding hydrogens is 440 g/mol. The summed E-state index contributed by atoms with van der Waals surface area (Å²) in [6.45, 7) is 6.67. The fraction of sp³-hybridized carbons (Fsp3) is 0.414. The molecule has 3 aliphatic rings. The van der Waals surface area contributed by atoms with E-state index >= 15 is 0 Å². The first-order valence-electron chi connectivity index (χ1n) is 12.6. The van der Waals surface area contributed by atoms with Crippen molar-refractivity contribution in [3.05, 3.63) is 70.8 Å². The lowest BCUT2D eigenvalue weighted by Gasteiger charge is -2.30. The molecule has 0 amide bonds. The molecule has 1 aliphatic heterocycles. The van der Waals surface area contributed by atoms with Crippen LogP contribution in [-0.2, 0) is 6.54 Å². The van der Waals surface area contributed by atoms with Crippen molar-refractivity contribution in [3.63, 3.8) is 0 Å². The molecule has 2 unspecified atom stereocenters. The number of benzene rings is 2. The molecule has 2 atom stereocenters. The van der Waals surface area contributed by atoms with Gasteiger partial charge >= 0.3 is 0 Å². The summed E-state index contributed by atoms with van der Waals surface area (Å²) in [6.07, 6.45) is 11.7. The van der Waals surface area contributed by atoms with Gasteiger partial charge < -0.3 is 4.90 Å². The monoisotopic (exact) mass is 473 g/mol. The van der Waals surface area contributed by atoms with Crippen molar-refractivity contribution in [2.24, 2.45) is 11.8 Å². The SMILES string of the molecule is CCN1c2ccccc2SC1CC1=C/C(=C/c2sc3ccccc3[n+]2CC)CC(C2CC2)C1. The molecule has 2 aliphatic carbocycles. The molecule has 170 valence electrons. The number of thiazole rings is 1. The van der Waals surface area contributed by atoms with Crippen LogP contribution in [0.5, 0.6) is 0 Å². The van der Waals surface area contributed by atoms with Gasteiger partial charge in [0.2, 0.25) is 5.52 Å². The fourth-order valence-corrected chi connectivity index (χ4v) is 8.44. The molecule has 0 radical (unpaired) electrons. The van der Waals surface area contributed by atoms with Gasteiger partial charge in [-0.25, -0.2) is 0 Å². The molecule has 6 rings (SSSR count). The maximum Gasteiger partial charge on any atom is 0.263 e. The van der Waals surface area contributed by atoms with Crippen molar-refractivity contribution in [3.8, 4) is 0 Å². The summed E-state index contributed by atoms with van der Waals surface area (Å²) < 4.78 is 3.88. The maximum atomic E-state index is 2.61. The number of anilines is 1. The van der Waals surface area contributed by atoms with Gasteiger partial charge in [0, 0.05) is 23.6 Å². The second-order valence-corrected chi connectivity index (χ2v) is 12.0. The largest absolute Gasteiger partial charge is 0.358 e. The quantitative estimate of drug-likeness (QED) is 0.339. The lowest BCUT2D eigenvalue weighted by atomic mass is 9.81. The van der Waals surface area contributed by atoms with Crippen molar-refractivity contribution in [2.75, 3.05) is 11.4 Å². The van der Waals surface area contributed by atoms with Crippen molar-refractivity contribution in [1.29, 1.82) is 0 Å². The Morgan fingerprint density at radius 1 is 1.00 bits per heavy atom. The van der Waals surface area contributed by atoms with Crippen LogP contribution in [0.1, 0.15) is 51.0 Å². The number of allylic oxidation sites excluding steroid dienone is 2. The summed E-state index contributed by atoms with van der Waals surface area (Å²) in [6, 6.07) is 17.8. The van der Waals surface area contributed by atoms with E-state index in [1.54, 1.807) is 11.1 Å². The van der Waals surface area contributed by atoms with E-state index < -0.39 is 0 Å². The molecule has 33 heavy (non-hydrogen) atoms. The van der Waals surface area contributed by atoms with Crippen molar-refractivity contribution < 1.29 is 4.57 Å². The number of fused-ring (bicyclic) bond motifs is 2. The molecule has 0 N–H and O–H groups in total. The lowest BCUT2D eigenvalue weighted by Crippen LogP contribution is -2.33. The van der Waals surface area contributed by atoms with Gasteiger partial charge in [-0.15, -0.1) is 0 Å². The average molecular weight is 474 g/mol. The molecule has 2 heterocycles. The Kier molecular flexibility index (Phi) is 5.83. The van der Waals surface area contributed by atoms with Gasteiger partial charge in [-0.2, -0.15) is 4.57 Å². The van der Waals surface area contributed by atoms with Gasteiger partial charge in [0.15, 0.2) is 0 Å². The molecule has 2 aromatic carbocycles. The Bertz CT molecular complexity index is 1230. The minimum atomic E-state index is 0.530. The minimum Gasteiger partial charge on any atom is -0.358 e. The van der Waals surface area contributed by atoms with Gasteiger partial charge in [-0.3, -0.25) is 0 Å². The van der Waals surface area contributed by atoms with Gasteiger partial charge in [-0.05, 0) is 81.6 Å². The average Bonchev–Trinajstić information content (AvgIpc) is 3.54. The highest BCUT2D eigenvalue weighted by Gasteiger charge is 2.36. The predicted octanol–water partition coefficient (Wildman–Crippen LogP) is 7.69. The second kappa shape index (κ2) is 8.96. The number of aryl methyl sites for hydroxylation is 1. The second-order valence-electron chi connectivity index (χ2n) is 9.71. The Morgan fingerprint density at radius 3 is 2.64 bits per heavy atom. The summed E-state index contributed by atoms with van der Waals surface area (Å²) in [5, 5.41) is 1.93. The highest BCUT2D eigenvalue weighted by molar-refractivity contribution is 8.00. The summed E-state index contributed by atoms with van der Waals surface area (Å²) in [7, 11) is 0. The van der Waals surface area contributed by atoms with Gasteiger partial charge in [-0.1, -0.05) is 59.0 Å². The first-order valence-corrected chi connectivity index (χ1v) is 14.3. The molecular formula is C29H33N2S2+. The van der Waals surface area contributed by atoms with Crippen LogP contribution in [0.25, 0.3) is 16.3 Å². The van der Waals surface area contributed by atoms with E-state index in [1.165, 1.54) is 57.9 Å². The highest BCUT2D eigenvalue weighted by Crippen LogP contribution is 2.49. The topological polar surface area (TPSA) is 7.12 Å². The molecule has 1 aromatic heterocycles. The molecule has 0 bridgehead atoms. The molecule has 1 fully saturated rings. The fourth-order valence-electron chi connectivity index (χ4n) is 5.79. The van der Waals surface area contributed by atoms with E-state index in [9.17, 15) is 0 Å². The molecule has 2 nitrogen and oxygen atoms in total. The van der Waals surface area contributed by atoms with Crippen LogP contribution in [0.4, 0.5) is 5.69 Å². The van der Waals surface area contributed by atoms with Crippen molar-refractivity contribution in [2.45, 2.75) is 62.8 Å². The van der Waals surface area contributed by atoms with Crippen molar-refractivity contribution in [1.82, 2.24) is 0 Å². The van der Waals surface area contributed by atoms with Crippen LogP contribution in [0.2, 0.25) is 0 Å². The van der Waals surface area contributed by atoms with E-state index in [-0.39, 0.29) is 0 Å². The number of hydrogen-bond donors (Lipinski definition) is 0. The number of hydrogen-bond acceptors (Lipinski definition) is 3. The van der Waals surface area contributed by atoms with E-state index in [1.807, 2.05) is 11.3 Å². The third-order valence-corrected chi connectivity index (χ3v) is 9.93. The van der Waals surface area contributed by atoms with Crippen LogP contribution in [0.15, 0.2) is 70.6 Å². The summed E-state index contributed by atoms with van der Waals surface area (Å²) >= 11 is 4.01. The smallest absolute Gasteiger partial charge is 0.263 e. The normalized spacial score (nSPS) is 23.9. The van der Waals surface area contributed by atoms with E-state index in [0.29, 0.717) is 5.37 Å². The summed E-state index contributed by atoms with van der Waals surface area (Å²) in [4.78, 5) is 4.06. The van der Waals surface area contributed by atoms with Crippen LogP contribution >= 0.6 is 23.1 Å². The third kappa shape index (κ3) is 4.17. The number of para-hydroxylation sites is 2. The standard InChI is InChI=1S/C29H33N2S2/c1-3-30-24-9-5-7-11-26(24)32-28(30)18-20-15-21(17-23(16-20)22-13-14-22)19-29-31(4-2)25-10-6-8-12-27(25)33-29/h5-12,15,18,22-23,29H,3-4,13-14,16-17,19H2,1-2H3/q+1/b20-18-. The zero-order valence-corrected chi connectivity index (χ0v) is 21.3. The number of rotatable bonds is 6. The zero-order chi connectivity index (χ0) is 22.4. The Morgan fingerprint density at radius 2 is 1.82 bits per heavy atom. The molecule has 0 saturated heterocycles. The van der Waals surface area contributed by atoms with Gasteiger partial charge in [0.1, 0.15) is 11.2 Å². The third-order valence-electron chi connectivity index (χ3n) is 7.52. The summed E-state index contributed by atoms with van der Waals surface area (Å²) in [5.74, 6) is 1.79. The first kappa shape index (κ1) is 21.5. The van der Waals surface area contributed by atoms with E-state index in [0.717, 1.165) is 24.9 Å². The Labute approximate surface area is 206 Å². The number of nitrogens with zero attached hydrogens (tertiary/aromatic N) is 2. The van der Waals surface area contributed by atoms with Crippen molar-refractivity contribution >= 4 is 45.1 Å². The van der Waals surface area contributed by atoms with E-state index in [2.05, 4.69) is 95.8 Å². The minimum absolute atomic E-state index is 0.530. The molecule has 3 aromatic rings. The Hall–Kier alpha value is -2.04. The van der Waals surface area contributed by atoms with Crippen LogP contribution in [0.3, 0.4) is 0 Å². The predicted molar refractivity (Wildman–Crippen MR) is 143 cm³/mol. The number of thioether (sulfide) groups is 1. The Balaban J connectivity index is 1.32. The van der Waals surface area contributed by atoms with Gasteiger partial charge in [0.05, 0.1) is 11.1 Å². The molecule has 0 spiro atoms. The highest BCUT2D eigenvalue weighted by atomic mass is 32.2. The number of aromatic nitrogens is 1. The maximum absolute atomic E-state index is 2.61. The summed E-state index contributed by atoms with van der Waals surface area (Å²) in [5.41, 5.74) is 6.01. The van der Waals surface area contributed by atoms with E-state index in [4.69, 9.17) is 0 Å². The van der Waals surface area contributed by atoms with Crippen LogP contribution in [-0.4, -0.2) is 11.9 Å².